The Bertz CT molecular complexity index is 718. The minimum Gasteiger partial charge on any atom is -0.496 e. The molecule has 144 valence electrons. The lowest BCUT2D eigenvalue weighted by atomic mass is 10.1. The minimum absolute atomic E-state index is 0.0831. The van der Waals surface area contributed by atoms with Crippen LogP contribution >= 0.6 is 0 Å². The van der Waals surface area contributed by atoms with Gasteiger partial charge in [0, 0.05) is 37.7 Å². The molecule has 3 rings (SSSR count). The fraction of sp³-hybridized carbons (Fsp3) is 0.429. The Hall–Kier alpha value is -2.60. The molecule has 2 aromatic rings. The first-order valence-electron chi connectivity index (χ1n) is 9.41. The number of nitrogens with one attached hydrogen (secondary N) is 1. The molecule has 1 atom stereocenters. The second kappa shape index (κ2) is 9.92. The van der Waals surface area contributed by atoms with Crippen LogP contribution in [0.4, 0.5) is 4.79 Å². The van der Waals surface area contributed by atoms with Gasteiger partial charge in [-0.15, -0.1) is 0 Å². The minimum atomic E-state index is -0.0831. The molecule has 2 amide bonds. The predicted molar refractivity (Wildman–Crippen MR) is 104 cm³/mol. The third-order valence-electron chi connectivity index (χ3n) is 4.70. The molecule has 27 heavy (non-hydrogen) atoms. The van der Waals surface area contributed by atoms with Gasteiger partial charge in [0.05, 0.1) is 19.8 Å². The van der Waals surface area contributed by atoms with E-state index in [4.69, 9.17) is 9.47 Å². The molecule has 1 fully saturated rings. The van der Waals surface area contributed by atoms with Crippen LogP contribution < -0.4 is 10.1 Å². The Morgan fingerprint density at radius 3 is 2.96 bits per heavy atom. The van der Waals surface area contributed by atoms with Crippen LogP contribution in [0, 0.1) is 0 Å². The smallest absolute Gasteiger partial charge is 0.317 e. The monoisotopic (exact) mass is 369 g/mol. The van der Waals surface area contributed by atoms with Gasteiger partial charge in [0.2, 0.25) is 0 Å². The van der Waals surface area contributed by atoms with Crippen molar-refractivity contribution >= 4 is 6.03 Å². The molecule has 1 N–H and O–H groups in total. The zero-order chi connectivity index (χ0) is 18.9. The number of carbonyl (C=O) groups excluding carboxylic acids is 1. The van der Waals surface area contributed by atoms with Gasteiger partial charge in [-0.2, -0.15) is 0 Å². The van der Waals surface area contributed by atoms with Crippen molar-refractivity contribution in [2.75, 3.05) is 26.8 Å². The zero-order valence-electron chi connectivity index (χ0n) is 15.8. The Morgan fingerprint density at radius 2 is 2.22 bits per heavy atom. The largest absolute Gasteiger partial charge is 0.496 e. The average Bonchev–Trinajstić information content (AvgIpc) is 3.22. The molecule has 6 nitrogen and oxygen atoms in total. The summed E-state index contributed by atoms with van der Waals surface area (Å²) >= 11 is 0. The number of benzene rings is 1. The van der Waals surface area contributed by atoms with E-state index in [1.807, 2.05) is 47.5 Å². The number of aromatic nitrogens is 1. The number of rotatable bonds is 8. The normalized spacial score (nSPS) is 16.1. The number of nitrogens with zero attached hydrogens (tertiary/aromatic N) is 2. The highest BCUT2D eigenvalue weighted by atomic mass is 16.5. The van der Waals surface area contributed by atoms with Crippen LogP contribution in [0.3, 0.4) is 0 Å². The summed E-state index contributed by atoms with van der Waals surface area (Å²) in [7, 11) is 1.65. The van der Waals surface area contributed by atoms with Gasteiger partial charge in [-0.25, -0.2) is 4.79 Å². The number of urea groups is 1. The molecular weight excluding hydrogens is 342 g/mol. The van der Waals surface area contributed by atoms with E-state index in [1.54, 1.807) is 13.3 Å². The van der Waals surface area contributed by atoms with E-state index in [9.17, 15) is 4.79 Å². The van der Waals surface area contributed by atoms with Gasteiger partial charge in [-0.05, 0) is 37.0 Å². The lowest BCUT2D eigenvalue weighted by molar-refractivity contribution is 0.0793. The van der Waals surface area contributed by atoms with E-state index in [2.05, 4.69) is 10.3 Å². The van der Waals surface area contributed by atoms with Gasteiger partial charge in [0.15, 0.2) is 0 Å². The van der Waals surface area contributed by atoms with Crippen molar-refractivity contribution in [3.05, 3.63) is 59.9 Å². The maximum absolute atomic E-state index is 12.8. The van der Waals surface area contributed by atoms with Gasteiger partial charge in [-0.1, -0.05) is 24.3 Å². The van der Waals surface area contributed by atoms with E-state index in [1.165, 1.54) is 0 Å². The van der Waals surface area contributed by atoms with Gasteiger partial charge in [0.25, 0.3) is 0 Å². The highest BCUT2D eigenvalue weighted by Gasteiger charge is 2.23. The van der Waals surface area contributed by atoms with E-state index in [-0.39, 0.29) is 12.1 Å². The van der Waals surface area contributed by atoms with Gasteiger partial charge in [0.1, 0.15) is 5.75 Å². The fourth-order valence-electron chi connectivity index (χ4n) is 3.26. The molecule has 0 bridgehead atoms. The summed E-state index contributed by atoms with van der Waals surface area (Å²) in [5, 5.41) is 3.03. The van der Waals surface area contributed by atoms with Crippen molar-refractivity contribution in [2.24, 2.45) is 0 Å². The van der Waals surface area contributed by atoms with Crippen molar-refractivity contribution in [1.29, 1.82) is 0 Å². The van der Waals surface area contributed by atoms with E-state index in [0.717, 1.165) is 42.7 Å². The van der Waals surface area contributed by atoms with Crippen molar-refractivity contribution in [2.45, 2.75) is 31.9 Å². The van der Waals surface area contributed by atoms with Crippen molar-refractivity contribution in [3.63, 3.8) is 0 Å². The molecule has 1 aromatic carbocycles. The van der Waals surface area contributed by atoms with E-state index < -0.39 is 0 Å². The van der Waals surface area contributed by atoms with Gasteiger partial charge < -0.3 is 19.7 Å². The molecule has 2 heterocycles. The number of hydrogen-bond donors (Lipinski definition) is 1. The molecular formula is C21H27N3O3. The number of hydrogen-bond acceptors (Lipinski definition) is 4. The summed E-state index contributed by atoms with van der Waals surface area (Å²) in [5.74, 6) is 0.790. The van der Waals surface area contributed by atoms with Crippen molar-refractivity contribution < 1.29 is 14.3 Å². The van der Waals surface area contributed by atoms with Gasteiger partial charge in [-0.3, -0.25) is 4.98 Å². The van der Waals surface area contributed by atoms with Crippen LogP contribution in [0.2, 0.25) is 0 Å². The quantitative estimate of drug-likeness (QED) is 0.777. The maximum atomic E-state index is 12.8. The zero-order valence-corrected chi connectivity index (χ0v) is 15.8. The Balaban J connectivity index is 1.62. The topological polar surface area (TPSA) is 63.7 Å². The second-order valence-electron chi connectivity index (χ2n) is 6.67. The highest BCUT2D eigenvalue weighted by Crippen LogP contribution is 2.21. The highest BCUT2D eigenvalue weighted by molar-refractivity contribution is 5.74. The molecule has 0 radical (unpaired) electrons. The first-order valence-corrected chi connectivity index (χ1v) is 9.41. The van der Waals surface area contributed by atoms with Crippen molar-refractivity contribution in [3.8, 4) is 5.75 Å². The Morgan fingerprint density at radius 1 is 1.33 bits per heavy atom. The first kappa shape index (κ1) is 19.2. The van der Waals surface area contributed by atoms with Crippen LogP contribution in [0.5, 0.6) is 5.75 Å². The maximum Gasteiger partial charge on any atom is 0.317 e. The summed E-state index contributed by atoms with van der Waals surface area (Å²) in [4.78, 5) is 18.8. The van der Waals surface area contributed by atoms with Crippen LogP contribution in [-0.2, 0) is 17.7 Å². The van der Waals surface area contributed by atoms with Gasteiger partial charge >= 0.3 is 6.03 Å². The Labute approximate surface area is 160 Å². The molecule has 1 saturated heterocycles. The molecule has 1 aromatic heterocycles. The van der Waals surface area contributed by atoms with Crippen molar-refractivity contribution in [1.82, 2.24) is 15.2 Å². The second-order valence-corrected chi connectivity index (χ2v) is 6.67. The molecule has 0 saturated carbocycles. The molecule has 1 aliphatic rings. The number of carbonyl (C=O) groups is 1. The number of ether oxygens (including phenoxy) is 2. The molecule has 6 heteroatoms. The summed E-state index contributed by atoms with van der Waals surface area (Å²) in [6.45, 7) is 2.41. The molecule has 1 aliphatic heterocycles. The lowest BCUT2D eigenvalue weighted by Crippen LogP contribution is -2.44. The van der Waals surface area contributed by atoms with E-state index in [0.29, 0.717) is 19.6 Å². The molecule has 1 unspecified atom stereocenters. The fourth-order valence-corrected chi connectivity index (χ4v) is 3.26. The Kier molecular flexibility index (Phi) is 7.04. The third-order valence-corrected chi connectivity index (χ3v) is 4.70. The summed E-state index contributed by atoms with van der Waals surface area (Å²) in [6, 6.07) is 11.6. The predicted octanol–water partition coefficient (Wildman–Crippen LogP) is 3.02. The number of pyridine rings is 1. The first-order chi connectivity index (χ1) is 13.3. The summed E-state index contributed by atoms with van der Waals surface area (Å²) < 4.78 is 11.2. The summed E-state index contributed by atoms with van der Waals surface area (Å²) in [5.41, 5.74) is 2.09. The lowest BCUT2D eigenvalue weighted by Gasteiger charge is -2.26. The summed E-state index contributed by atoms with van der Waals surface area (Å²) in [6.07, 6.45) is 6.47. The molecule has 0 aliphatic carbocycles. The number of para-hydroxylation sites is 1. The average molecular weight is 369 g/mol. The van der Waals surface area contributed by atoms with Crippen LogP contribution in [-0.4, -0.2) is 48.8 Å². The van der Waals surface area contributed by atoms with E-state index >= 15 is 0 Å². The van der Waals surface area contributed by atoms with Crippen LogP contribution in [0.15, 0.2) is 48.8 Å². The standard InChI is InChI=1S/C21H27N3O3/c1-26-20-9-3-2-7-18(20)15-24(16-19-8-5-13-27-19)21(25)23-12-10-17-6-4-11-22-14-17/h2-4,6-7,9,11,14,19H,5,8,10,12-13,15-16H2,1H3,(H,23,25). The SMILES string of the molecule is COc1ccccc1CN(CC1CCCO1)C(=O)NCCc1cccnc1. The van der Waals surface area contributed by atoms with Crippen LogP contribution in [0.1, 0.15) is 24.0 Å². The number of amides is 2. The third kappa shape index (κ3) is 5.69. The van der Waals surface area contributed by atoms with Crippen LogP contribution in [0.25, 0.3) is 0 Å². The molecule has 0 spiro atoms. The number of methoxy groups -OCH3 is 1.